The van der Waals surface area contributed by atoms with Crippen LogP contribution in [0.2, 0.25) is 0 Å². The minimum atomic E-state index is -2.07. The van der Waals surface area contributed by atoms with E-state index < -0.39 is 48.4 Å². The van der Waals surface area contributed by atoms with E-state index in [9.17, 15) is 10.0 Å². The summed E-state index contributed by atoms with van der Waals surface area (Å²) in [4.78, 5) is 0. The number of aryl methyl sites for hydroxylation is 2. The zero-order chi connectivity index (χ0) is 38.9. The molecule has 4 fully saturated rings. The van der Waals surface area contributed by atoms with Gasteiger partial charge in [-0.15, -0.1) is 0 Å². The van der Waals surface area contributed by atoms with Crippen LogP contribution in [0.1, 0.15) is 166 Å². The van der Waals surface area contributed by atoms with Gasteiger partial charge in [-0.2, -0.15) is 0 Å². The zero-order valence-corrected chi connectivity index (χ0v) is 33.9. The van der Waals surface area contributed by atoms with Crippen LogP contribution in [0.4, 0.5) is 17.6 Å². The van der Waals surface area contributed by atoms with Crippen LogP contribution in [-0.4, -0.2) is 24.3 Å². The largest absolute Gasteiger partial charge is 0.480 e. The Morgan fingerprint density at radius 3 is 1.04 bits per heavy atom. The van der Waals surface area contributed by atoms with E-state index in [1.54, 1.807) is 0 Å². The van der Waals surface area contributed by atoms with Gasteiger partial charge in [0, 0.05) is 10.9 Å². The van der Waals surface area contributed by atoms with Crippen molar-refractivity contribution in [1.82, 2.24) is 0 Å². The molecule has 0 spiro atoms. The third-order valence-electron chi connectivity index (χ3n) is 15.1. The molecule has 0 saturated heterocycles. The minimum Gasteiger partial charge on any atom is -0.443 e. The number of benzene rings is 2. The number of halogens is 4. The quantitative estimate of drug-likeness (QED) is 0.132. The fourth-order valence-corrected chi connectivity index (χ4v) is 11.6. The Labute approximate surface area is 330 Å². The van der Waals surface area contributed by atoms with Crippen LogP contribution in [0.3, 0.4) is 0 Å². The highest BCUT2D eigenvalue weighted by atomic mass is 19.2. The van der Waals surface area contributed by atoms with Crippen molar-refractivity contribution in [2.24, 2.45) is 47.3 Å². The Bertz CT molecular complexity index is 1370. The van der Waals surface area contributed by atoms with Crippen molar-refractivity contribution in [2.45, 2.75) is 168 Å². The first-order valence-corrected chi connectivity index (χ1v) is 22.6. The molecule has 304 valence electrons. The molecular weight excluding hydrogens is 698 g/mol. The Hall–Kier alpha value is -1.83. The maximum atomic E-state index is 15.2. The normalized spacial score (nSPS) is 28.9. The van der Waals surface area contributed by atoms with Gasteiger partial charge in [-0.1, -0.05) is 115 Å². The first-order chi connectivity index (χ1) is 26.6. The summed E-state index contributed by atoms with van der Waals surface area (Å²) in [6.07, 6.45) is 28.0. The number of rotatable bonds is 16. The molecule has 6 rings (SSSR count). The molecule has 2 N–H and O–H groups in total. The van der Waals surface area contributed by atoms with E-state index in [4.69, 9.17) is 4.57 Å². The maximum absolute atomic E-state index is 15.2. The van der Waals surface area contributed by atoms with Gasteiger partial charge in [-0.3, -0.25) is 0 Å². The van der Waals surface area contributed by atoms with E-state index in [0.29, 0.717) is 24.7 Å². The molecule has 55 heavy (non-hydrogen) atoms. The second-order valence-corrected chi connectivity index (χ2v) is 18.5. The summed E-state index contributed by atoms with van der Waals surface area (Å²) >= 11 is 0. The first-order valence-electron chi connectivity index (χ1n) is 22.6. The summed E-state index contributed by atoms with van der Waals surface area (Å²) in [5.74, 6) is 1.52. The monoisotopic (exact) mass is 767 g/mol. The fraction of sp³-hybridized carbons (Fsp3) is 0.739. The van der Waals surface area contributed by atoms with Crippen molar-refractivity contribution in [1.29, 1.82) is 0 Å². The molecule has 0 heterocycles. The van der Waals surface area contributed by atoms with Gasteiger partial charge in [0.25, 0.3) is 0 Å². The Morgan fingerprint density at radius 1 is 0.455 bits per heavy atom. The van der Waals surface area contributed by atoms with Crippen LogP contribution in [0.25, 0.3) is 0 Å². The molecule has 4 aliphatic carbocycles. The summed E-state index contributed by atoms with van der Waals surface area (Å²) < 4.78 is 66.0. The third-order valence-corrected chi connectivity index (χ3v) is 15.1. The minimum absolute atomic E-state index is 0.242. The lowest BCUT2D eigenvalue weighted by Crippen LogP contribution is -2.47. The first kappa shape index (κ1) is 42.8. The molecule has 0 aliphatic heterocycles. The summed E-state index contributed by atoms with van der Waals surface area (Å²) in [6.45, 7) is 4.56. The molecule has 0 aromatic heterocycles. The van der Waals surface area contributed by atoms with E-state index >= 15 is 17.6 Å². The molecule has 2 aromatic carbocycles. The van der Waals surface area contributed by atoms with Crippen LogP contribution < -0.4 is 10.9 Å². The molecule has 2 aromatic rings. The van der Waals surface area contributed by atoms with E-state index in [0.717, 1.165) is 74.0 Å². The highest BCUT2D eigenvalue weighted by molar-refractivity contribution is 6.73. The molecule has 0 unspecified atom stereocenters. The second-order valence-electron chi connectivity index (χ2n) is 18.5. The highest BCUT2D eigenvalue weighted by Gasteiger charge is 2.35. The zero-order valence-electron chi connectivity index (χ0n) is 33.9. The van der Waals surface area contributed by atoms with Gasteiger partial charge in [-0.25, -0.2) is 17.6 Å². The lowest BCUT2D eigenvalue weighted by Gasteiger charge is -2.38. The topological polar surface area (TPSA) is 49.7 Å². The maximum Gasteiger partial charge on any atom is 0.480 e. The van der Waals surface area contributed by atoms with E-state index in [1.165, 1.54) is 127 Å². The number of hydrogen-bond acceptors (Lipinski definition) is 3. The van der Waals surface area contributed by atoms with E-state index in [-0.39, 0.29) is 11.1 Å². The van der Waals surface area contributed by atoms with Crippen molar-refractivity contribution in [3.8, 4) is 0 Å². The summed E-state index contributed by atoms with van der Waals surface area (Å²) in [5, 5.41) is 21.3. The molecular formula is C46H68B2F4O3. The summed E-state index contributed by atoms with van der Waals surface area (Å²) in [6, 6.07) is 5.41. The van der Waals surface area contributed by atoms with Crippen molar-refractivity contribution in [2.75, 3.05) is 0 Å². The smallest absolute Gasteiger partial charge is 0.443 e. The lowest BCUT2D eigenvalue weighted by molar-refractivity contribution is 0.141. The Kier molecular flexibility index (Phi) is 16.1. The second kappa shape index (κ2) is 20.7. The Balaban J connectivity index is 0.933. The summed E-state index contributed by atoms with van der Waals surface area (Å²) in [7, 11) is -4.15. The molecule has 0 radical (unpaired) electrons. The van der Waals surface area contributed by atoms with Gasteiger partial charge in [0.1, 0.15) is 0 Å². The van der Waals surface area contributed by atoms with Crippen LogP contribution in [0, 0.1) is 70.6 Å². The Morgan fingerprint density at radius 2 is 0.745 bits per heavy atom. The summed E-state index contributed by atoms with van der Waals surface area (Å²) in [5.41, 5.74) is -0.504. The van der Waals surface area contributed by atoms with Crippen LogP contribution >= 0.6 is 0 Å². The van der Waals surface area contributed by atoms with E-state index in [1.807, 2.05) is 0 Å². The molecule has 4 saturated carbocycles. The fourth-order valence-electron chi connectivity index (χ4n) is 11.6. The van der Waals surface area contributed by atoms with Crippen molar-refractivity contribution < 1.29 is 32.2 Å². The van der Waals surface area contributed by atoms with Crippen LogP contribution in [0.15, 0.2) is 24.3 Å². The van der Waals surface area contributed by atoms with Crippen molar-refractivity contribution >= 4 is 25.2 Å². The molecule has 0 bridgehead atoms. The van der Waals surface area contributed by atoms with Gasteiger partial charge in [0.05, 0.1) is 0 Å². The van der Waals surface area contributed by atoms with Gasteiger partial charge in [-0.05, 0) is 136 Å². The molecule has 0 amide bonds. The van der Waals surface area contributed by atoms with Crippen molar-refractivity contribution in [3.63, 3.8) is 0 Å². The standard InChI is InChI=1S/C46H68B2F4O3/c1-3-5-31-7-17-35(18-8-31)37-21-11-33(12-22-37)15-25-39-27-29-41(45(51)43(39)49)47(53)55-48(54)42-30-28-40(44(50)46(42)52)26-16-34-13-23-38(24-14-34)36-19-9-32(6-4-2)10-20-36/h27-38,53-54H,3-26H2,1-2H3. The van der Waals surface area contributed by atoms with E-state index in [2.05, 4.69) is 13.8 Å². The van der Waals surface area contributed by atoms with Crippen LogP contribution in [-0.2, 0) is 17.4 Å². The molecule has 4 aliphatic rings. The highest BCUT2D eigenvalue weighted by Crippen LogP contribution is 2.44. The van der Waals surface area contributed by atoms with Gasteiger partial charge in [0.15, 0.2) is 23.3 Å². The average Bonchev–Trinajstić information content (AvgIpc) is 3.20. The predicted molar refractivity (Wildman–Crippen MR) is 217 cm³/mol. The van der Waals surface area contributed by atoms with Gasteiger partial charge < -0.3 is 14.6 Å². The lowest BCUT2D eigenvalue weighted by atomic mass is 9.68. The van der Waals surface area contributed by atoms with Crippen molar-refractivity contribution in [3.05, 3.63) is 58.7 Å². The molecule has 3 nitrogen and oxygen atoms in total. The van der Waals surface area contributed by atoms with Gasteiger partial charge in [0.2, 0.25) is 0 Å². The van der Waals surface area contributed by atoms with Crippen LogP contribution in [0.5, 0.6) is 0 Å². The average molecular weight is 767 g/mol. The SMILES string of the molecule is CCCC1CCC(C2CCC(CCc3ccc(B(O)OB(O)c4ccc(CCC5CCC(C6CCC(CCC)CC6)CC5)c(F)c4F)c(F)c3F)CC2)CC1. The number of hydrogen-bond donors (Lipinski definition) is 2. The third kappa shape index (κ3) is 11.2. The molecule has 9 heteroatoms. The molecule has 0 atom stereocenters. The van der Waals surface area contributed by atoms with Gasteiger partial charge >= 0.3 is 14.2 Å². The predicted octanol–water partition coefficient (Wildman–Crippen LogP) is 11.0.